The van der Waals surface area contributed by atoms with E-state index in [0.29, 0.717) is 13.1 Å². The number of para-hydroxylation sites is 2. The van der Waals surface area contributed by atoms with Crippen LogP contribution in [0.25, 0.3) is 0 Å². The third-order valence-corrected chi connectivity index (χ3v) is 3.68. The third kappa shape index (κ3) is 3.07. The Bertz CT molecular complexity index is 430. The summed E-state index contributed by atoms with van der Waals surface area (Å²) in [6.45, 7) is 1.25. The molecule has 104 valence electrons. The number of nitrogens with two attached hydrogens (primary N) is 1. The van der Waals surface area contributed by atoms with Crippen LogP contribution in [0.15, 0.2) is 24.3 Å². The van der Waals surface area contributed by atoms with E-state index < -0.39 is 0 Å². The Hall–Kier alpha value is -1.55. The van der Waals surface area contributed by atoms with Crippen LogP contribution in [0.2, 0.25) is 0 Å². The lowest BCUT2D eigenvalue weighted by Gasteiger charge is -2.32. The van der Waals surface area contributed by atoms with Crippen molar-refractivity contribution in [2.45, 2.75) is 25.7 Å². The third-order valence-electron chi connectivity index (χ3n) is 3.68. The van der Waals surface area contributed by atoms with Crippen molar-refractivity contribution >= 4 is 11.6 Å². The molecule has 0 saturated heterocycles. The standard InChI is InChI=1S/C15H22N2O2/c1-19-14-9-3-2-8-13(14)17(11-5-10-16)15(18)12-6-4-7-12/h2-3,8-9,12H,4-7,10-11,16H2,1H3. The van der Waals surface area contributed by atoms with Crippen LogP contribution in [0.4, 0.5) is 5.69 Å². The van der Waals surface area contributed by atoms with Crippen LogP contribution in [-0.2, 0) is 4.79 Å². The summed E-state index contributed by atoms with van der Waals surface area (Å²) in [6.07, 6.45) is 3.98. The smallest absolute Gasteiger partial charge is 0.230 e. The van der Waals surface area contributed by atoms with E-state index in [9.17, 15) is 4.79 Å². The molecule has 1 fully saturated rings. The Kier molecular flexibility index (Phi) is 4.80. The Balaban J connectivity index is 2.22. The van der Waals surface area contributed by atoms with Crippen LogP contribution in [0.3, 0.4) is 0 Å². The molecule has 1 aliphatic carbocycles. The molecule has 2 N–H and O–H groups in total. The molecule has 2 rings (SSSR count). The minimum atomic E-state index is 0.183. The molecule has 1 aromatic carbocycles. The summed E-state index contributed by atoms with van der Waals surface area (Å²) in [5.74, 6) is 1.14. The first-order valence-electron chi connectivity index (χ1n) is 6.92. The number of carbonyl (C=O) groups excluding carboxylic acids is 1. The fourth-order valence-electron chi connectivity index (χ4n) is 2.33. The number of nitrogens with zero attached hydrogens (tertiary/aromatic N) is 1. The highest BCUT2D eigenvalue weighted by Crippen LogP contribution is 2.33. The van der Waals surface area contributed by atoms with Gasteiger partial charge in [0.25, 0.3) is 0 Å². The lowest BCUT2D eigenvalue weighted by molar-refractivity contribution is -0.124. The Morgan fingerprint density at radius 2 is 2.16 bits per heavy atom. The molecule has 19 heavy (non-hydrogen) atoms. The zero-order chi connectivity index (χ0) is 13.7. The van der Waals surface area contributed by atoms with Crippen molar-refractivity contribution in [2.75, 3.05) is 25.1 Å². The van der Waals surface area contributed by atoms with Gasteiger partial charge in [0.2, 0.25) is 5.91 Å². The van der Waals surface area contributed by atoms with Gasteiger partial charge in [-0.1, -0.05) is 18.6 Å². The number of ether oxygens (including phenoxy) is 1. The highest BCUT2D eigenvalue weighted by molar-refractivity contribution is 5.96. The van der Waals surface area contributed by atoms with Crippen LogP contribution < -0.4 is 15.4 Å². The molecule has 0 radical (unpaired) electrons. The molecule has 0 aliphatic heterocycles. The zero-order valence-electron chi connectivity index (χ0n) is 11.5. The molecule has 4 heteroatoms. The molecular weight excluding hydrogens is 240 g/mol. The molecule has 0 aromatic heterocycles. The van der Waals surface area contributed by atoms with E-state index in [4.69, 9.17) is 10.5 Å². The molecule has 1 amide bonds. The number of anilines is 1. The second-order valence-corrected chi connectivity index (χ2v) is 4.93. The van der Waals surface area contributed by atoms with Crippen molar-refractivity contribution in [3.63, 3.8) is 0 Å². The second kappa shape index (κ2) is 6.57. The normalized spacial score (nSPS) is 14.8. The van der Waals surface area contributed by atoms with Crippen LogP contribution in [0.1, 0.15) is 25.7 Å². The largest absolute Gasteiger partial charge is 0.495 e. The van der Waals surface area contributed by atoms with Gasteiger partial charge < -0.3 is 15.4 Å². The Morgan fingerprint density at radius 1 is 1.42 bits per heavy atom. The highest BCUT2D eigenvalue weighted by atomic mass is 16.5. The van der Waals surface area contributed by atoms with E-state index in [1.807, 2.05) is 29.2 Å². The predicted octanol–water partition coefficient (Wildman–Crippen LogP) is 2.18. The van der Waals surface area contributed by atoms with Gasteiger partial charge in [0.15, 0.2) is 0 Å². The van der Waals surface area contributed by atoms with Crippen LogP contribution in [0.5, 0.6) is 5.75 Å². The van der Waals surface area contributed by atoms with Gasteiger partial charge in [-0.2, -0.15) is 0 Å². The fourth-order valence-corrected chi connectivity index (χ4v) is 2.33. The van der Waals surface area contributed by atoms with E-state index in [0.717, 1.165) is 37.1 Å². The minimum absolute atomic E-state index is 0.183. The van der Waals surface area contributed by atoms with Gasteiger partial charge in [-0.15, -0.1) is 0 Å². The topological polar surface area (TPSA) is 55.6 Å². The summed E-state index contributed by atoms with van der Waals surface area (Å²) < 4.78 is 5.36. The Labute approximate surface area is 114 Å². The first-order valence-corrected chi connectivity index (χ1v) is 6.92. The average molecular weight is 262 g/mol. The highest BCUT2D eigenvalue weighted by Gasteiger charge is 2.30. The van der Waals surface area contributed by atoms with Crippen molar-refractivity contribution in [1.82, 2.24) is 0 Å². The summed E-state index contributed by atoms with van der Waals surface area (Å²) in [6, 6.07) is 7.67. The Morgan fingerprint density at radius 3 is 2.74 bits per heavy atom. The van der Waals surface area contributed by atoms with Crippen molar-refractivity contribution in [1.29, 1.82) is 0 Å². The van der Waals surface area contributed by atoms with Crippen molar-refractivity contribution in [3.8, 4) is 5.75 Å². The van der Waals surface area contributed by atoms with Crippen molar-refractivity contribution < 1.29 is 9.53 Å². The first kappa shape index (κ1) is 13.9. The summed E-state index contributed by atoms with van der Waals surface area (Å²) in [7, 11) is 1.63. The number of hydrogen-bond donors (Lipinski definition) is 1. The SMILES string of the molecule is COc1ccccc1N(CCCN)C(=O)C1CCC1. The van der Waals surface area contributed by atoms with E-state index in [1.54, 1.807) is 7.11 Å². The molecular formula is C15H22N2O2. The number of hydrogen-bond acceptors (Lipinski definition) is 3. The maximum absolute atomic E-state index is 12.5. The minimum Gasteiger partial charge on any atom is -0.495 e. The van der Waals surface area contributed by atoms with Gasteiger partial charge in [-0.25, -0.2) is 0 Å². The lowest BCUT2D eigenvalue weighted by Crippen LogP contribution is -2.40. The maximum atomic E-state index is 12.5. The first-order chi connectivity index (χ1) is 9.27. The van der Waals surface area contributed by atoms with Crippen LogP contribution in [0, 0.1) is 5.92 Å². The molecule has 0 unspecified atom stereocenters. The molecule has 0 heterocycles. The van der Waals surface area contributed by atoms with Gasteiger partial charge in [0, 0.05) is 12.5 Å². The van der Waals surface area contributed by atoms with Gasteiger partial charge >= 0.3 is 0 Å². The van der Waals surface area contributed by atoms with Crippen LogP contribution >= 0.6 is 0 Å². The number of benzene rings is 1. The zero-order valence-corrected chi connectivity index (χ0v) is 11.5. The van der Waals surface area contributed by atoms with E-state index >= 15 is 0 Å². The van der Waals surface area contributed by atoms with Gasteiger partial charge in [0.1, 0.15) is 5.75 Å². The molecule has 0 spiro atoms. The predicted molar refractivity (Wildman–Crippen MR) is 76.4 cm³/mol. The fraction of sp³-hybridized carbons (Fsp3) is 0.533. The van der Waals surface area contributed by atoms with Gasteiger partial charge in [-0.3, -0.25) is 4.79 Å². The summed E-state index contributed by atoms with van der Waals surface area (Å²) in [5, 5.41) is 0. The molecule has 1 saturated carbocycles. The summed E-state index contributed by atoms with van der Waals surface area (Å²) >= 11 is 0. The monoisotopic (exact) mass is 262 g/mol. The molecule has 1 aromatic rings. The number of amides is 1. The van der Waals surface area contributed by atoms with E-state index in [1.165, 1.54) is 0 Å². The number of methoxy groups -OCH3 is 1. The number of carbonyl (C=O) groups is 1. The molecule has 0 atom stereocenters. The van der Waals surface area contributed by atoms with Gasteiger partial charge in [-0.05, 0) is 37.9 Å². The average Bonchev–Trinajstić information content (AvgIpc) is 2.37. The number of rotatable bonds is 6. The summed E-state index contributed by atoms with van der Waals surface area (Å²) in [5.41, 5.74) is 6.44. The maximum Gasteiger partial charge on any atom is 0.230 e. The van der Waals surface area contributed by atoms with Crippen molar-refractivity contribution in [2.24, 2.45) is 11.7 Å². The van der Waals surface area contributed by atoms with Crippen molar-refractivity contribution in [3.05, 3.63) is 24.3 Å². The molecule has 1 aliphatic rings. The van der Waals surface area contributed by atoms with E-state index in [-0.39, 0.29) is 11.8 Å². The second-order valence-electron chi connectivity index (χ2n) is 4.93. The quantitative estimate of drug-likeness (QED) is 0.855. The van der Waals surface area contributed by atoms with E-state index in [2.05, 4.69) is 0 Å². The molecule has 4 nitrogen and oxygen atoms in total. The summed E-state index contributed by atoms with van der Waals surface area (Å²) in [4.78, 5) is 14.4. The van der Waals surface area contributed by atoms with Crippen LogP contribution in [-0.4, -0.2) is 26.1 Å². The lowest BCUT2D eigenvalue weighted by atomic mass is 9.84. The van der Waals surface area contributed by atoms with Gasteiger partial charge in [0.05, 0.1) is 12.8 Å². The molecule has 0 bridgehead atoms.